The van der Waals surface area contributed by atoms with E-state index in [0.717, 1.165) is 24.4 Å². The Kier molecular flexibility index (Phi) is 4.44. The van der Waals surface area contributed by atoms with Crippen LogP contribution in [0.4, 0.5) is 5.69 Å². The summed E-state index contributed by atoms with van der Waals surface area (Å²) in [6.45, 7) is 2.19. The van der Waals surface area contributed by atoms with Crippen molar-refractivity contribution in [3.63, 3.8) is 0 Å². The van der Waals surface area contributed by atoms with Gasteiger partial charge in [0.2, 0.25) is 0 Å². The molecule has 1 aliphatic rings. The molecule has 0 aliphatic carbocycles. The van der Waals surface area contributed by atoms with E-state index in [4.69, 9.17) is 14.2 Å². The van der Waals surface area contributed by atoms with Crippen LogP contribution in [0.3, 0.4) is 0 Å². The lowest BCUT2D eigenvalue weighted by atomic mass is 10.1. The van der Waals surface area contributed by atoms with Gasteiger partial charge in [0.05, 0.1) is 7.11 Å². The number of benzene rings is 1. The van der Waals surface area contributed by atoms with Crippen molar-refractivity contribution in [3.8, 4) is 5.75 Å². The number of nitrogens with zero attached hydrogens (tertiary/aromatic N) is 1. The van der Waals surface area contributed by atoms with E-state index >= 15 is 0 Å². The summed E-state index contributed by atoms with van der Waals surface area (Å²) in [5.74, 6) is 0.826. The predicted octanol–water partition coefficient (Wildman–Crippen LogP) is 2.59. The zero-order valence-corrected chi connectivity index (χ0v) is 11.3. The third-order valence-corrected chi connectivity index (χ3v) is 3.36. The van der Waals surface area contributed by atoms with Crippen molar-refractivity contribution in [2.75, 3.05) is 39.3 Å². The van der Waals surface area contributed by atoms with E-state index in [-0.39, 0.29) is 6.29 Å². The van der Waals surface area contributed by atoms with Gasteiger partial charge in [-0.25, -0.2) is 0 Å². The van der Waals surface area contributed by atoms with Gasteiger partial charge in [0, 0.05) is 38.6 Å². The summed E-state index contributed by atoms with van der Waals surface area (Å²) in [6.07, 6.45) is 2.14. The highest BCUT2D eigenvalue weighted by Gasteiger charge is 2.21. The van der Waals surface area contributed by atoms with Gasteiger partial charge in [-0.05, 0) is 31.0 Å². The van der Waals surface area contributed by atoms with Crippen LogP contribution in [0.5, 0.6) is 5.75 Å². The fourth-order valence-corrected chi connectivity index (χ4v) is 2.44. The highest BCUT2D eigenvalue weighted by Crippen LogP contribution is 2.33. The summed E-state index contributed by atoms with van der Waals surface area (Å²) in [6, 6.07) is 6.06. The standard InChI is InChI=1S/C14H21NO3/c1-16-11-6-7-13(15-8-4-5-9-15)12(10-11)14(17-2)18-3/h6-7,10,14H,4-5,8-9H2,1-3H3. The monoisotopic (exact) mass is 251 g/mol. The average Bonchev–Trinajstić information content (AvgIpc) is 2.94. The minimum absolute atomic E-state index is 0.351. The van der Waals surface area contributed by atoms with Crippen LogP contribution in [0.15, 0.2) is 18.2 Å². The van der Waals surface area contributed by atoms with Gasteiger partial charge in [-0.1, -0.05) is 0 Å². The van der Waals surface area contributed by atoms with Gasteiger partial charge in [-0.2, -0.15) is 0 Å². The van der Waals surface area contributed by atoms with Gasteiger partial charge in [0.15, 0.2) is 6.29 Å². The molecule has 0 unspecified atom stereocenters. The Morgan fingerprint density at radius 2 is 1.72 bits per heavy atom. The molecule has 4 nitrogen and oxygen atoms in total. The molecule has 18 heavy (non-hydrogen) atoms. The maximum absolute atomic E-state index is 5.38. The molecule has 0 bridgehead atoms. The highest BCUT2D eigenvalue weighted by molar-refractivity contribution is 5.57. The van der Waals surface area contributed by atoms with Crippen molar-refractivity contribution in [3.05, 3.63) is 23.8 Å². The topological polar surface area (TPSA) is 30.9 Å². The van der Waals surface area contributed by atoms with Crippen LogP contribution in [0.1, 0.15) is 24.7 Å². The molecule has 1 aromatic carbocycles. The van der Waals surface area contributed by atoms with Crippen molar-refractivity contribution in [1.82, 2.24) is 0 Å². The lowest BCUT2D eigenvalue weighted by Crippen LogP contribution is -2.21. The molecule has 100 valence electrons. The van der Waals surface area contributed by atoms with Crippen LogP contribution in [0, 0.1) is 0 Å². The van der Waals surface area contributed by atoms with Crippen LogP contribution in [0.25, 0.3) is 0 Å². The lowest BCUT2D eigenvalue weighted by molar-refractivity contribution is -0.105. The molecule has 2 rings (SSSR count). The molecule has 4 heteroatoms. The van der Waals surface area contributed by atoms with E-state index < -0.39 is 0 Å². The molecular weight excluding hydrogens is 230 g/mol. The number of methoxy groups -OCH3 is 3. The fraction of sp³-hybridized carbons (Fsp3) is 0.571. The maximum Gasteiger partial charge on any atom is 0.185 e. The number of hydrogen-bond donors (Lipinski definition) is 0. The molecule has 0 aromatic heterocycles. The number of rotatable bonds is 5. The van der Waals surface area contributed by atoms with Crippen molar-refractivity contribution in [2.24, 2.45) is 0 Å². The second-order valence-corrected chi connectivity index (χ2v) is 4.42. The summed E-state index contributed by atoms with van der Waals surface area (Å²) >= 11 is 0. The predicted molar refractivity (Wildman–Crippen MR) is 71.2 cm³/mol. The average molecular weight is 251 g/mol. The van der Waals surface area contributed by atoms with Crippen molar-refractivity contribution < 1.29 is 14.2 Å². The molecule has 0 N–H and O–H groups in total. The van der Waals surface area contributed by atoms with Gasteiger partial charge < -0.3 is 19.1 Å². The van der Waals surface area contributed by atoms with Crippen LogP contribution < -0.4 is 9.64 Å². The molecule has 1 heterocycles. The van der Waals surface area contributed by atoms with Gasteiger partial charge in [0.1, 0.15) is 5.75 Å². The second kappa shape index (κ2) is 6.07. The Morgan fingerprint density at radius 3 is 2.28 bits per heavy atom. The molecule has 1 aromatic rings. The highest BCUT2D eigenvalue weighted by atomic mass is 16.7. The van der Waals surface area contributed by atoms with E-state index in [0.29, 0.717) is 0 Å². The molecule has 0 radical (unpaired) electrons. The Labute approximate surface area is 108 Å². The fourth-order valence-electron chi connectivity index (χ4n) is 2.44. The van der Waals surface area contributed by atoms with Crippen LogP contribution in [0.2, 0.25) is 0 Å². The zero-order chi connectivity index (χ0) is 13.0. The smallest absolute Gasteiger partial charge is 0.185 e. The Balaban J connectivity index is 2.36. The van der Waals surface area contributed by atoms with E-state index in [1.165, 1.54) is 18.5 Å². The van der Waals surface area contributed by atoms with Crippen LogP contribution >= 0.6 is 0 Å². The molecule has 1 fully saturated rings. The second-order valence-electron chi connectivity index (χ2n) is 4.42. The third-order valence-electron chi connectivity index (χ3n) is 3.36. The van der Waals surface area contributed by atoms with Crippen molar-refractivity contribution in [1.29, 1.82) is 0 Å². The zero-order valence-electron chi connectivity index (χ0n) is 11.3. The van der Waals surface area contributed by atoms with Crippen LogP contribution in [-0.4, -0.2) is 34.4 Å². The van der Waals surface area contributed by atoms with Crippen LogP contribution in [-0.2, 0) is 9.47 Å². The summed E-state index contributed by atoms with van der Waals surface area (Å²) in [5, 5.41) is 0. The van der Waals surface area contributed by atoms with Gasteiger partial charge in [-0.3, -0.25) is 0 Å². The molecule has 1 aliphatic heterocycles. The Morgan fingerprint density at radius 1 is 1.06 bits per heavy atom. The quantitative estimate of drug-likeness (QED) is 0.753. The number of anilines is 1. The van der Waals surface area contributed by atoms with Gasteiger partial charge in [-0.15, -0.1) is 0 Å². The van der Waals surface area contributed by atoms with Gasteiger partial charge >= 0.3 is 0 Å². The summed E-state index contributed by atoms with van der Waals surface area (Å²) < 4.78 is 16.0. The lowest BCUT2D eigenvalue weighted by Gasteiger charge is -2.25. The molecule has 1 saturated heterocycles. The third kappa shape index (κ3) is 2.60. The maximum atomic E-state index is 5.38. The molecular formula is C14H21NO3. The van der Waals surface area contributed by atoms with E-state index in [1.54, 1.807) is 21.3 Å². The molecule has 0 spiro atoms. The summed E-state index contributed by atoms with van der Waals surface area (Å²) in [7, 11) is 4.98. The SMILES string of the molecule is COc1ccc(N2CCCC2)c(C(OC)OC)c1. The Bertz CT molecular complexity index is 385. The van der Waals surface area contributed by atoms with Crippen molar-refractivity contribution >= 4 is 5.69 Å². The van der Waals surface area contributed by atoms with E-state index in [2.05, 4.69) is 11.0 Å². The van der Waals surface area contributed by atoms with Gasteiger partial charge in [0.25, 0.3) is 0 Å². The van der Waals surface area contributed by atoms with E-state index in [1.807, 2.05) is 12.1 Å². The number of ether oxygens (including phenoxy) is 3. The minimum Gasteiger partial charge on any atom is -0.497 e. The molecule has 0 saturated carbocycles. The molecule has 0 amide bonds. The first-order chi connectivity index (χ1) is 8.80. The number of hydrogen-bond acceptors (Lipinski definition) is 4. The van der Waals surface area contributed by atoms with E-state index in [9.17, 15) is 0 Å². The van der Waals surface area contributed by atoms with Crippen molar-refractivity contribution in [2.45, 2.75) is 19.1 Å². The normalized spacial score (nSPS) is 15.4. The molecule has 0 atom stereocenters. The first-order valence-corrected chi connectivity index (χ1v) is 6.28. The Hall–Kier alpha value is -1.26. The summed E-state index contributed by atoms with van der Waals surface area (Å²) in [4.78, 5) is 2.37. The first kappa shape index (κ1) is 13.2. The summed E-state index contributed by atoms with van der Waals surface area (Å²) in [5.41, 5.74) is 2.21. The minimum atomic E-state index is -0.351. The first-order valence-electron chi connectivity index (χ1n) is 6.28. The largest absolute Gasteiger partial charge is 0.497 e.